The average molecular weight is 255 g/mol. The first kappa shape index (κ1) is 12.7. The summed E-state index contributed by atoms with van der Waals surface area (Å²) >= 11 is 5.93. The number of nitrogen functional groups attached to an aromatic ring is 1. The second-order valence-electron chi connectivity index (χ2n) is 5.07. The summed E-state index contributed by atoms with van der Waals surface area (Å²) in [7, 11) is 0. The van der Waals surface area contributed by atoms with E-state index >= 15 is 0 Å². The van der Waals surface area contributed by atoms with Crippen molar-refractivity contribution in [2.24, 2.45) is 5.92 Å². The fourth-order valence-electron chi connectivity index (χ4n) is 2.74. The van der Waals surface area contributed by atoms with Crippen LogP contribution < -0.4 is 5.73 Å². The number of nitrogens with zero attached hydrogens (tertiary/aromatic N) is 1. The van der Waals surface area contributed by atoms with Gasteiger partial charge in [0, 0.05) is 11.8 Å². The molecule has 1 aliphatic carbocycles. The van der Waals surface area contributed by atoms with Crippen molar-refractivity contribution in [3.63, 3.8) is 0 Å². The lowest BCUT2D eigenvalue weighted by molar-refractivity contribution is -0.0210. The molecule has 0 saturated heterocycles. The van der Waals surface area contributed by atoms with Crippen molar-refractivity contribution in [1.29, 1.82) is 0 Å². The van der Waals surface area contributed by atoms with E-state index in [-0.39, 0.29) is 5.92 Å². The van der Waals surface area contributed by atoms with Gasteiger partial charge in [0.15, 0.2) is 0 Å². The Morgan fingerprint density at radius 2 is 2.06 bits per heavy atom. The lowest BCUT2D eigenvalue weighted by Gasteiger charge is -2.36. The Morgan fingerprint density at radius 1 is 1.41 bits per heavy atom. The van der Waals surface area contributed by atoms with Crippen molar-refractivity contribution in [2.75, 3.05) is 5.73 Å². The number of anilines is 1. The van der Waals surface area contributed by atoms with Crippen LogP contribution in [0, 0.1) is 5.92 Å². The highest BCUT2D eigenvalue weighted by molar-refractivity contribution is 6.30. The number of pyridine rings is 1. The third-order valence-electron chi connectivity index (χ3n) is 3.83. The number of hydrogen-bond donors (Lipinski definition) is 2. The Morgan fingerprint density at radius 3 is 2.71 bits per heavy atom. The molecule has 1 aromatic heterocycles. The van der Waals surface area contributed by atoms with E-state index in [9.17, 15) is 5.11 Å². The SMILES string of the molecule is CC(O)(c1cc(Cl)cnc1N)C1CCCCC1. The summed E-state index contributed by atoms with van der Waals surface area (Å²) in [6.45, 7) is 1.83. The molecule has 3 nitrogen and oxygen atoms in total. The maximum atomic E-state index is 10.7. The summed E-state index contributed by atoms with van der Waals surface area (Å²) in [5.74, 6) is 0.629. The molecule has 1 heterocycles. The summed E-state index contributed by atoms with van der Waals surface area (Å²) in [4.78, 5) is 4.03. The molecule has 0 radical (unpaired) electrons. The van der Waals surface area contributed by atoms with Crippen LogP contribution in [0.5, 0.6) is 0 Å². The van der Waals surface area contributed by atoms with Gasteiger partial charge in [0.05, 0.1) is 10.6 Å². The molecular formula is C13H19ClN2O. The minimum atomic E-state index is -0.928. The van der Waals surface area contributed by atoms with Crippen LogP contribution in [0.25, 0.3) is 0 Å². The lowest BCUT2D eigenvalue weighted by Crippen LogP contribution is -2.34. The van der Waals surface area contributed by atoms with E-state index in [1.54, 1.807) is 6.07 Å². The van der Waals surface area contributed by atoms with Crippen molar-refractivity contribution in [3.05, 3.63) is 22.8 Å². The Balaban J connectivity index is 2.32. The maximum absolute atomic E-state index is 10.7. The van der Waals surface area contributed by atoms with Gasteiger partial charge in [-0.3, -0.25) is 0 Å². The van der Waals surface area contributed by atoms with Crippen LogP contribution in [0.2, 0.25) is 5.02 Å². The van der Waals surface area contributed by atoms with Crippen molar-refractivity contribution >= 4 is 17.4 Å². The third kappa shape index (κ3) is 2.55. The summed E-state index contributed by atoms with van der Waals surface area (Å²) in [5, 5.41) is 11.3. The first-order valence-electron chi connectivity index (χ1n) is 6.15. The molecule has 1 aliphatic rings. The van der Waals surface area contributed by atoms with E-state index in [2.05, 4.69) is 4.98 Å². The van der Waals surface area contributed by atoms with Crippen molar-refractivity contribution in [3.8, 4) is 0 Å². The van der Waals surface area contributed by atoms with Gasteiger partial charge in [0.1, 0.15) is 5.82 Å². The van der Waals surface area contributed by atoms with Gasteiger partial charge in [0.25, 0.3) is 0 Å². The van der Waals surface area contributed by atoms with Gasteiger partial charge in [-0.05, 0) is 31.7 Å². The molecule has 1 atom stereocenters. The van der Waals surface area contributed by atoms with E-state index < -0.39 is 5.60 Å². The summed E-state index contributed by atoms with van der Waals surface area (Å²) in [5.41, 5.74) is 5.59. The van der Waals surface area contributed by atoms with Crippen LogP contribution in [0.15, 0.2) is 12.3 Å². The third-order valence-corrected chi connectivity index (χ3v) is 4.04. The van der Waals surface area contributed by atoms with Gasteiger partial charge in [-0.25, -0.2) is 4.98 Å². The molecule has 1 unspecified atom stereocenters. The smallest absolute Gasteiger partial charge is 0.129 e. The Bertz CT molecular complexity index is 400. The molecule has 3 N–H and O–H groups in total. The van der Waals surface area contributed by atoms with Crippen LogP contribution in [-0.2, 0) is 5.60 Å². The van der Waals surface area contributed by atoms with Gasteiger partial charge in [-0.15, -0.1) is 0 Å². The van der Waals surface area contributed by atoms with Gasteiger partial charge < -0.3 is 10.8 Å². The molecule has 4 heteroatoms. The average Bonchev–Trinajstić information content (AvgIpc) is 2.33. The molecule has 1 saturated carbocycles. The van der Waals surface area contributed by atoms with Crippen LogP contribution in [-0.4, -0.2) is 10.1 Å². The molecule has 94 valence electrons. The van der Waals surface area contributed by atoms with E-state index in [0.717, 1.165) is 12.8 Å². The van der Waals surface area contributed by atoms with Gasteiger partial charge in [0.2, 0.25) is 0 Å². The lowest BCUT2D eigenvalue weighted by atomic mass is 9.74. The minimum absolute atomic E-state index is 0.249. The number of rotatable bonds is 2. The zero-order valence-electron chi connectivity index (χ0n) is 10.1. The molecule has 1 aromatic rings. The number of aromatic nitrogens is 1. The Kier molecular flexibility index (Phi) is 3.59. The van der Waals surface area contributed by atoms with Crippen LogP contribution in [0.4, 0.5) is 5.82 Å². The molecule has 0 aromatic carbocycles. The molecule has 0 aliphatic heterocycles. The van der Waals surface area contributed by atoms with E-state index in [1.165, 1.54) is 25.5 Å². The second-order valence-corrected chi connectivity index (χ2v) is 5.51. The molecular weight excluding hydrogens is 236 g/mol. The fraction of sp³-hybridized carbons (Fsp3) is 0.615. The second kappa shape index (κ2) is 4.83. The maximum Gasteiger partial charge on any atom is 0.129 e. The predicted molar refractivity (Wildman–Crippen MR) is 69.8 cm³/mol. The predicted octanol–water partition coefficient (Wildman–Crippen LogP) is 3.11. The molecule has 0 bridgehead atoms. The first-order valence-corrected chi connectivity index (χ1v) is 6.53. The zero-order valence-corrected chi connectivity index (χ0v) is 10.9. The van der Waals surface area contributed by atoms with Crippen LogP contribution >= 0.6 is 11.6 Å². The fourth-order valence-corrected chi connectivity index (χ4v) is 2.90. The van der Waals surface area contributed by atoms with E-state index in [4.69, 9.17) is 17.3 Å². The standard InChI is InChI=1S/C13H19ClN2O/c1-13(17,9-5-3-2-4-6-9)11-7-10(14)8-16-12(11)15/h7-9,17H,2-6H2,1H3,(H2,15,16). The Labute approximate surface area is 107 Å². The molecule has 17 heavy (non-hydrogen) atoms. The largest absolute Gasteiger partial charge is 0.385 e. The molecule has 1 fully saturated rings. The topological polar surface area (TPSA) is 59.1 Å². The van der Waals surface area contributed by atoms with Crippen molar-refractivity contribution in [2.45, 2.75) is 44.6 Å². The first-order chi connectivity index (χ1) is 8.01. The summed E-state index contributed by atoms with van der Waals surface area (Å²) in [6.07, 6.45) is 7.20. The Hall–Kier alpha value is -0.800. The highest BCUT2D eigenvalue weighted by Crippen LogP contribution is 2.41. The van der Waals surface area contributed by atoms with Crippen molar-refractivity contribution < 1.29 is 5.11 Å². The van der Waals surface area contributed by atoms with Crippen LogP contribution in [0.1, 0.15) is 44.6 Å². The molecule has 2 rings (SSSR count). The quantitative estimate of drug-likeness (QED) is 0.853. The highest BCUT2D eigenvalue weighted by atomic mass is 35.5. The van der Waals surface area contributed by atoms with Crippen LogP contribution in [0.3, 0.4) is 0 Å². The minimum Gasteiger partial charge on any atom is -0.385 e. The van der Waals surface area contributed by atoms with E-state index in [0.29, 0.717) is 16.4 Å². The molecule has 0 amide bonds. The number of hydrogen-bond acceptors (Lipinski definition) is 3. The summed E-state index contributed by atoms with van der Waals surface area (Å²) in [6, 6.07) is 1.73. The summed E-state index contributed by atoms with van der Waals surface area (Å²) < 4.78 is 0. The zero-order chi connectivity index (χ0) is 12.5. The number of nitrogens with two attached hydrogens (primary N) is 1. The van der Waals surface area contributed by atoms with Gasteiger partial charge >= 0.3 is 0 Å². The van der Waals surface area contributed by atoms with Gasteiger partial charge in [-0.2, -0.15) is 0 Å². The normalized spacial score (nSPS) is 21.1. The van der Waals surface area contributed by atoms with Crippen molar-refractivity contribution in [1.82, 2.24) is 4.98 Å². The van der Waals surface area contributed by atoms with Gasteiger partial charge in [-0.1, -0.05) is 30.9 Å². The number of aliphatic hydroxyl groups is 1. The highest BCUT2D eigenvalue weighted by Gasteiger charge is 2.36. The number of halogens is 1. The monoisotopic (exact) mass is 254 g/mol. The molecule has 0 spiro atoms. The van der Waals surface area contributed by atoms with E-state index in [1.807, 2.05) is 6.92 Å².